The molecule has 0 unspecified atom stereocenters. The number of anilines is 1. The zero-order chi connectivity index (χ0) is 12.8. The lowest BCUT2D eigenvalue weighted by Crippen LogP contribution is -1.99. The Labute approximate surface area is 105 Å². The predicted molar refractivity (Wildman–Crippen MR) is 73.0 cm³/mol. The summed E-state index contributed by atoms with van der Waals surface area (Å²) >= 11 is 1.25. The van der Waals surface area contributed by atoms with Crippen LogP contribution in [0.15, 0.2) is 24.3 Å². The molecule has 0 heterocycles. The number of nitrogens with two attached hydrogens (primary N) is 1. The van der Waals surface area contributed by atoms with Crippen LogP contribution in [0, 0.1) is 0 Å². The predicted octanol–water partition coefficient (Wildman–Crippen LogP) is 2.76. The van der Waals surface area contributed by atoms with Gasteiger partial charge in [-0.25, -0.2) is 0 Å². The molecule has 90 valence electrons. The number of thioether (sulfide) groups is 1. The molecule has 0 aliphatic heterocycles. The van der Waals surface area contributed by atoms with Crippen LogP contribution in [0.5, 0.6) is 0 Å². The summed E-state index contributed by atoms with van der Waals surface area (Å²) in [6.45, 7) is 3.03. The molecule has 0 bridgehead atoms. The van der Waals surface area contributed by atoms with Crippen molar-refractivity contribution < 1.29 is 9.59 Å². The van der Waals surface area contributed by atoms with E-state index < -0.39 is 0 Å². The molecule has 0 aromatic heterocycles. The first-order valence-electron chi connectivity index (χ1n) is 5.21. The quantitative estimate of drug-likeness (QED) is 0.658. The van der Waals surface area contributed by atoms with Crippen LogP contribution in [0.1, 0.15) is 29.8 Å². The van der Waals surface area contributed by atoms with Gasteiger partial charge in [-0.15, -0.1) is 0 Å². The zero-order valence-electron chi connectivity index (χ0n) is 9.90. The van der Waals surface area contributed by atoms with Gasteiger partial charge in [0.05, 0.1) is 0 Å². The van der Waals surface area contributed by atoms with Gasteiger partial charge in [0.1, 0.15) is 0 Å². The Morgan fingerprint density at radius 3 is 2.65 bits per heavy atom. The van der Waals surface area contributed by atoms with Crippen molar-refractivity contribution in [2.24, 2.45) is 0 Å². The summed E-state index contributed by atoms with van der Waals surface area (Å²) in [4.78, 5) is 22.0. The van der Waals surface area contributed by atoms with E-state index in [2.05, 4.69) is 0 Å². The highest BCUT2D eigenvalue weighted by Crippen LogP contribution is 2.16. The molecule has 0 fully saturated rings. The van der Waals surface area contributed by atoms with Gasteiger partial charge >= 0.3 is 0 Å². The molecule has 1 rings (SSSR count). The minimum absolute atomic E-state index is 0.0455. The molecule has 0 aliphatic rings. The van der Waals surface area contributed by atoms with Crippen molar-refractivity contribution in [2.45, 2.75) is 13.8 Å². The molecule has 17 heavy (non-hydrogen) atoms. The third-order valence-electron chi connectivity index (χ3n) is 2.15. The summed E-state index contributed by atoms with van der Waals surface area (Å²) in [5.41, 5.74) is 7.63. The van der Waals surface area contributed by atoms with Crippen LogP contribution >= 0.6 is 11.8 Å². The number of rotatable bonds is 4. The molecular weight excluding hydrogens is 234 g/mol. The second-order valence-corrected chi connectivity index (χ2v) is 4.80. The van der Waals surface area contributed by atoms with E-state index >= 15 is 0 Å². The van der Waals surface area contributed by atoms with E-state index in [0.29, 0.717) is 17.0 Å². The van der Waals surface area contributed by atoms with Crippen molar-refractivity contribution >= 4 is 34.4 Å². The Hall–Kier alpha value is -1.55. The van der Waals surface area contributed by atoms with Gasteiger partial charge in [-0.2, -0.15) is 0 Å². The van der Waals surface area contributed by atoms with E-state index in [-0.39, 0.29) is 10.9 Å². The van der Waals surface area contributed by atoms with Crippen molar-refractivity contribution in [1.82, 2.24) is 0 Å². The summed E-state index contributed by atoms with van der Waals surface area (Å²) in [7, 11) is 0. The maximum absolute atomic E-state index is 11.3. The normalized spacial score (nSPS) is 10.7. The lowest BCUT2D eigenvalue weighted by molar-refractivity contribution is -0.109. The molecule has 0 spiro atoms. The van der Waals surface area contributed by atoms with Crippen molar-refractivity contribution in [3.05, 3.63) is 35.4 Å². The van der Waals surface area contributed by atoms with Gasteiger partial charge in [0.2, 0.25) is 0 Å². The average Bonchev–Trinajstić information content (AvgIpc) is 2.25. The molecule has 2 N–H and O–H groups in total. The first-order valence-corrected chi connectivity index (χ1v) is 6.19. The van der Waals surface area contributed by atoms with Gasteiger partial charge in [0.15, 0.2) is 10.9 Å². The van der Waals surface area contributed by atoms with E-state index in [0.717, 1.165) is 5.56 Å². The average molecular weight is 249 g/mol. The highest BCUT2D eigenvalue weighted by molar-refractivity contribution is 8.13. The fraction of sp³-hybridized carbons (Fsp3) is 0.231. The largest absolute Gasteiger partial charge is 0.398 e. The number of carbonyl (C=O) groups excluding carboxylic acids is 2. The second kappa shape index (κ2) is 6.25. The van der Waals surface area contributed by atoms with E-state index in [4.69, 9.17) is 5.73 Å². The summed E-state index contributed by atoms with van der Waals surface area (Å²) in [5, 5.41) is 0.0939. The first kappa shape index (κ1) is 13.5. The van der Waals surface area contributed by atoms with Crippen LogP contribution in [0.2, 0.25) is 0 Å². The molecule has 0 amide bonds. The molecule has 1 aromatic rings. The Kier molecular flexibility index (Phi) is 4.97. The number of hydrogen-bond donors (Lipinski definition) is 1. The number of nitrogen functional groups attached to an aromatic ring is 1. The van der Waals surface area contributed by atoms with Crippen molar-refractivity contribution in [3.63, 3.8) is 0 Å². The minimum Gasteiger partial charge on any atom is -0.398 e. The smallest absolute Gasteiger partial charge is 0.186 e. The highest BCUT2D eigenvalue weighted by atomic mass is 32.2. The molecule has 0 radical (unpaired) electrons. The summed E-state index contributed by atoms with van der Waals surface area (Å²) in [5.74, 6) is 0.589. The van der Waals surface area contributed by atoms with Gasteiger partial charge in [-0.3, -0.25) is 9.59 Å². The summed E-state index contributed by atoms with van der Waals surface area (Å²) in [6, 6.07) is 5.32. The van der Waals surface area contributed by atoms with E-state index in [1.54, 1.807) is 12.1 Å². The Morgan fingerprint density at radius 2 is 2.06 bits per heavy atom. The molecule has 4 heteroatoms. The maximum atomic E-state index is 11.3. The van der Waals surface area contributed by atoms with Gasteiger partial charge in [0, 0.05) is 23.9 Å². The third kappa shape index (κ3) is 4.44. The molecule has 3 nitrogen and oxygen atoms in total. The number of benzene rings is 1. The maximum Gasteiger partial charge on any atom is 0.186 e. The van der Waals surface area contributed by atoms with Gasteiger partial charge in [-0.05, 0) is 24.6 Å². The fourth-order valence-electron chi connectivity index (χ4n) is 1.33. The van der Waals surface area contributed by atoms with Gasteiger partial charge < -0.3 is 5.73 Å². The fourth-order valence-corrected chi connectivity index (χ4v) is 1.76. The molecule has 1 aromatic carbocycles. The van der Waals surface area contributed by atoms with Crippen molar-refractivity contribution in [1.29, 1.82) is 0 Å². The molecule has 0 saturated heterocycles. The topological polar surface area (TPSA) is 60.2 Å². The summed E-state index contributed by atoms with van der Waals surface area (Å²) in [6.07, 6.45) is 3.77. The van der Waals surface area contributed by atoms with Crippen LogP contribution in [0.25, 0.3) is 6.08 Å². The minimum atomic E-state index is -0.0455. The van der Waals surface area contributed by atoms with E-state index in [9.17, 15) is 9.59 Å². The second-order valence-electron chi connectivity index (χ2n) is 3.61. The van der Waals surface area contributed by atoms with E-state index in [1.165, 1.54) is 25.6 Å². The Balaban J connectivity index is 2.75. The van der Waals surface area contributed by atoms with Gasteiger partial charge in [-0.1, -0.05) is 30.0 Å². The third-order valence-corrected chi connectivity index (χ3v) is 2.92. The Bertz CT molecular complexity index is 466. The number of ketones is 1. The number of carbonyl (C=O) groups is 2. The molecule has 0 aliphatic carbocycles. The standard InChI is InChI=1S/C13H15NO2S/c1-9(15)12-8-11(5-6-13(12)14)4-3-7-17-10(2)16/h3-6,8H,7,14H2,1-2H3. The van der Waals surface area contributed by atoms with E-state index in [1.807, 2.05) is 18.2 Å². The first-order chi connectivity index (χ1) is 8.00. The molecule has 0 saturated carbocycles. The lowest BCUT2D eigenvalue weighted by atomic mass is 10.1. The summed E-state index contributed by atoms with van der Waals surface area (Å²) < 4.78 is 0. The van der Waals surface area contributed by atoms with Crippen molar-refractivity contribution in [2.75, 3.05) is 11.5 Å². The Morgan fingerprint density at radius 1 is 1.35 bits per heavy atom. The van der Waals surface area contributed by atoms with Crippen LogP contribution in [-0.2, 0) is 4.79 Å². The van der Waals surface area contributed by atoms with Crippen LogP contribution < -0.4 is 5.73 Å². The molecular formula is C13H15NO2S. The highest BCUT2D eigenvalue weighted by Gasteiger charge is 2.04. The SMILES string of the molecule is CC(=O)SCC=Cc1ccc(N)c(C(C)=O)c1. The van der Waals surface area contributed by atoms with Crippen molar-refractivity contribution in [3.8, 4) is 0 Å². The number of Topliss-reactive ketones (excluding diaryl/α,β-unsaturated/α-hetero) is 1. The van der Waals surface area contributed by atoms with Crippen LogP contribution in [0.4, 0.5) is 5.69 Å². The zero-order valence-corrected chi connectivity index (χ0v) is 10.7. The monoisotopic (exact) mass is 249 g/mol. The van der Waals surface area contributed by atoms with Crippen LogP contribution in [-0.4, -0.2) is 16.7 Å². The van der Waals surface area contributed by atoms with Gasteiger partial charge in [0.25, 0.3) is 0 Å². The van der Waals surface area contributed by atoms with Crippen LogP contribution in [0.3, 0.4) is 0 Å². The molecule has 0 atom stereocenters. The lowest BCUT2D eigenvalue weighted by Gasteiger charge is -2.02. The number of hydrogen-bond acceptors (Lipinski definition) is 4.